The Morgan fingerprint density at radius 3 is 2.38 bits per heavy atom. The molecule has 1 fully saturated rings. The van der Waals surface area contributed by atoms with Gasteiger partial charge in [0.25, 0.3) is 5.56 Å². The van der Waals surface area contributed by atoms with Crippen LogP contribution in [0.2, 0.25) is 0 Å². The Balaban J connectivity index is 1.67. The quantitative estimate of drug-likeness (QED) is 0.912. The summed E-state index contributed by atoms with van der Waals surface area (Å²) >= 11 is 0. The number of carbonyl (C=O) groups excluding carboxylic acids is 2. The third kappa shape index (κ3) is 3.64. The number of nitrogens with one attached hydrogen (secondary N) is 1. The van der Waals surface area contributed by atoms with Crippen molar-refractivity contribution in [1.29, 1.82) is 0 Å². The lowest BCUT2D eigenvalue weighted by molar-refractivity contribution is -0.138. The second-order valence-corrected chi connectivity index (χ2v) is 6.98. The van der Waals surface area contributed by atoms with E-state index in [1.807, 2.05) is 32.0 Å². The van der Waals surface area contributed by atoms with Crippen LogP contribution in [0.3, 0.4) is 0 Å². The van der Waals surface area contributed by atoms with Gasteiger partial charge in [0.2, 0.25) is 11.8 Å². The Kier molecular flexibility index (Phi) is 5.11. The van der Waals surface area contributed by atoms with E-state index < -0.39 is 0 Å². The Hall–Kier alpha value is -2.63. The molecule has 2 heterocycles. The van der Waals surface area contributed by atoms with Crippen LogP contribution in [0.15, 0.2) is 23.0 Å². The summed E-state index contributed by atoms with van der Waals surface area (Å²) in [7, 11) is 0. The number of aromatic amines is 1. The van der Waals surface area contributed by atoms with Crippen molar-refractivity contribution in [3.63, 3.8) is 0 Å². The topological polar surface area (TPSA) is 73.5 Å². The zero-order valence-electron chi connectivity index (χ0n) is 15.6. The summed E-state index contributed by atoms with van der Waals surface area (Å²) in [6, 6.07) is 5.93. The van der Waals surface area contributed by atoms with Crippen LogP contribution in [0.25, 0.3) is 10.9 Å². The summed E-state index contributed by atoms with van der Waals surface area (Å²) in [5.41, 5.74) is 3.59. The maximum Gasteiger partial charge on any atom is 0.251 e. The predicted octanol–water partition coefficient (Wildman–Crippen LogP) is 1.77. The van der Waals surface area contributed by atoms with E-state index in [0.717, 1.165) is 22.0 Å². The number of pyridine rings is 1. The van der Waals surface area contributed by atoms with Crippen molar-refractivity contribution in [1.82, 2.24) is 14.8 Å². The molecule has 0 saturated carbocycles. The van der Waals surface area contributed by atoms with Gasteiger partial charge in [-0.15, -0.1) is 0 Å². The van der Waals surface area contributed by atoms with E-state index in [-0.39, 0.29) is 17.4 Å². The zero-order valence-corrected chi connectivity index (χ0v) is 15.6. The van der Waals surface area contributed by atoms with Crippen molar-refractivity contribution in [2.45, 2.75) is 33.6 Å². The molecular weight excluding hydrogens is 330 g/mol. The molecule has 2 amide bonds. The molecule has 0 radical (unpaired) electrons. The molecular formula is C20H25N3O3. The summed E-state index contributed by atoms with van der Waals surface area (Å²) in [5.74, 6) is 0.0816. The van der Waals surface area contributed by atoms with Gasteiger partial charge >= 0.3 is 0 Å². The Labute approximate surface area is 152 Å². The van der Waals surface area contributed by atoms with E-state index in [2.05, 4.69) is 4.98 Å². The molecule has 0 bridgehead atoms. The Bertz CT molecular complexity index is 908. The van der Waals surface area contributed by atoms with E-state index in [1.165, 1.54) is 0 Å². The molecule has 6 heteroatoms. The van der Waals surface area contributed by atoms with Crippen molar-refractivity contribution < 1.29 is 9.59 Å². The highest BCUT2D eigenvalue weighted by molar-refractivity contribution is 5.83. The molecule has 1 aliphatic heterocycles. The molecule has 138 valence electrons. The van der Waals surface area contributed by atoms with Gasteiger partial charge in [0.1, 0.15) is 0 Å². The minimum atomic E-state index is -0.125. The van der Waals surface area contributed by atoms with Crippen LogP contribution in [-0.2, 0) is 16.0 Å². The molecule has 26 heavy (non-hydrogen) atoms. The van der Waals surface area contributed by atoms with Gasteiger partial charge in [0.05, 0.1) is 5.52 Å². The van der Waals surface area contributed by atoms with Crippen LogP contribution in [0.4, 0.5) is 0 Å². The summed E-state index contributed by atoms with van der Waals surface area (Å²) in [5, 5.41) is 0.991. The molecule has 1 N–H and O–H groups in total. The maximum atomic E-state index is 12.4. The molecule has 6 nitrogen and oxygen atoms in total. The first-order chi connectivity index (χ1) is 12.4. The highest BCUT2D eigenvalue weighted by atomic mass is 16.2. The summed E-state index contributed by atoms with van der Waals surface area (Å²) in [6.45, 7) is 7.85. The number of piperazine rings is 1. The molecule has 0 unspecified atom stereocenters. The highest BCUT2D eigenvalue weighted by Crippen LogP contribution is 2.19. The Morgan fingerprint density at radius 2 is 1.73 bits per heavy atom. The van der Waals surface area contributed by atoms with Gasteiger partial charge in [-0.3, -0.25) is 14.4 Å². The van der Waals surface area contributed by atoms with Gasteiger partial charge in [0, 0.05) is 45.1 Å². The third-order valence-electron chi connectivity index (χ3n) is 5.31. The van der Waals surface area contributed by atoms with Crippen molar-refractivity contribution >= 4 is 22.7 Å². The van der Waals surface area contributed by atoms with E-state index in [1.54, 1.807) is 16.7 Å². The van der Waals surface area contributed by atoms with Gasteiger partial charge in [-0.1, -0.05) is 12.1 Å². The normalized spacial score (nSPS) is 14.7. The summed E-state index contributed by atoms with van der Waals surface area (Å²) < 4.78 is 0. The molecule has 1 aromatic heterocycles. The fourth-order valence-electron chi connectivity index (χ4n) is 3.43. The number of hydrogen-bond donors (Lipinski definition) is 1. The van der Waals surface area contributed by atoms with Crippen molar-refractivity contribution in [2.75, 3.05) is 26.2 Å². The number of rotatable bonds is 3. The van der Waals surface area contributed by atoms with Crippen molar-refractivity contribution in [2.24, 2.45) is 0 Å². The lowest BCUT2D eigenvalue weighted by Crippen LogP contribution is -2.50. The van der Waals surface area contributed by atoms with Crippen LogP contribution in [0.5, 0.6) is 0 Å². The fourth-order valence-corrected chi connectivity index (χ4v) is 3.43. The van der Waals surface area contributed by atoms with Crippen LogP contribution >= 0.6 is 0 Å². The molecule has 1 aliphatic rings. The average Bonchev–Trinajstić information content (AvgIpc) is 2.63. The lowest BCUT2D eigenvalue weighted by Gasteiger charge is -2.34. The molecule has 1 aromatic carbocycles. The van der Waals surface area contributed by atoms with Crippen LogP contribution in [0, 0.1) is 13.8 Å². The minimum Gasteiger partial charge on any atom is -0.339 e. The smallest absolute Gasteiger partial charge is 0.251 e. The second kappa shape index (κ2) is 7.32. The van der Waals surface area contributed by atoms with Crippen LogP contribution in [-0.4, -0.2) is 52.8 Å². The lowest BCUT2D eigenvalue weighted by atomic mass is 10.0. The van der Waals surface area contributed by atoms with E-state index >= 15 is 0 Å². The number of amides is 2. The average molecular weight is 355 g/mol. The molecule has 1 saturated heterocycles. The predicted molar refractivity (Wildman–Crippen MR) is 101 cm³/mol. The third-order valence-corrected chi connectivity index (χ3v) is 5.31. The number of aromatic nitrogens is 1. The first-order valence-electron chi connectivity index (χ1n) is 9.02. The van der Waals surface area contributed by atoms with Gasteiger partial charge in [-0.25, -0.2) is 0 Å². The Morgan fingerprint density at radius 1 is 1.08 bits per heavy atom. The number of fused-ring (bicyclic) bond motifs is 1. The number of benzene rings is 1. The highest BCUT2D eigenvalue weighted by Gasteiger charge is 2.22. The second-order valence-electron chi connectivity index (χ2n) is 6.98. The monoisotopic (exact) mass is 355 g/mol. The van der Waals surface area contributed by atoms with Crippen LogP contribution in [0.1, 0.15) is 30.0 Å². The fraction of sp³-hybridized carbons (Fsp3) is 0.450. The van der Waals surface area contributed by atoms with Crippen LogP contribution < -0.4 is 5.56 Å². The van der Waals surface area contributed by atoms with E-state index in [4.69, 9.17) is 0 Å². The zero-order chi connectivity index (χ0) is 18.8. The molecule has 2 aromatic rings. The molecule has 0 atom stereocenters. The van der Waals surface area contributed by atoms with Gasteiger partial charge in [-0.05, 0) is 42.8 Å². The maximum absolute atomic E-state index is 12.4. The SMILES string of the molecule is CC(=O)N1CCN(C(=O)CCc2cc3ccc(C)c(C)c3[nH]c2=O)CC1. The molecule has 3 rings (SSSR count). The van der Waals surface area contributed by atoms with Gasteiger partial charge in [0.15, 0.2) is 0 Å². The number of H-pyrrole nitrogens is 1. The summed E-state index contributed by atoms with van der Waals surface area (Å²) in [4.78, 5) is 42.7. The van der Waals surface area contributed by atoms with E-state index in [0.29, 0.717) is 44.6 Å². The number of nitrogens with zero attached hydrogens (tertiary/aromatic N) is 2. The molecule has 0 spiro atoms. The van der Waals surface area contributed by atoms with Gasteiger partial charge < -0.3 is 14.8 Å². The van der Waals surface area contributed by atoms with Gasteiger partial charge in [-0.2, -0.15) is 0 Å². The van der Waals surface area contributed by atoms with Crippen molar-refractivity contribution in [3.05, 3.63) is 45.2 Å². The number of aryl methyl sites for hydroxylation is 3. The largest absolute Gasteiger partial charge is 0.339 e. The minimum absolute atomic E-state index is 0.0350. The standard InChI is InChI=1S/C20H25N3O3/c1-13-4-5-16-12-17(20(26)21-19(16)14(13)2)6-7-18(25)23-10-8-22(9-11-23)15(3)24/h4-5,12H,6-11H2,1-3H3,(H,21,26). The first kappa shape index (κ1) is 18.2. The number of hydrogen-bond acceptors (Lipinski definition) is 3. The van der Waals surface area contributed by atoms with E-state index in [9.17, 15) is 14.4 Å². The summed E-state index contributed by atoms with van der Waals surface area (Å²) in [6.07, 6.45) is 0.726. The molecule has 0 aliphatic carbocycles. The number of carbonyl (C=O) groups is 2. The van der Waals surface area contributed by atoms with Crippen molar-refractivity contribution in [3.8, 4) is 0 Å². The first-order valence-corrected chi connectivity index (χ1v) is 9.02.